The second kappa shape index (κ2) is 5.57. The average Bonchev–Trinajstić information content (AvgIpc) is 3.13. The zero-order valence-corrected chi connectivity index (χ0v) is 13.2. The van der Waals surface area contributed by atoms with Gasteiger partial charge in [0.25, 0.3) is 5.91 Å². The van der Waals surface area contributed by atoms with Crippen molar-refractivity contribution in [3.8, 4) is 0 Å². The first kappa shape index (κ1) is 14.8. The molecule has 0 aliphatic carbocycles. The summed E-state index contributed by atoms with van der Waals surface area (Å²) >= 11 is 0. The van der Waals surface area contributed by atoms with Crippen LogP contribution in [0.5, 0.6) is 0 Å². The molecule has 2 aromatic heterocycles. The number of aromatic nitrogens is 3. The van der Waals surface area contributed by atoms with E-state index < -0.39 is 0 Å². The fourth-order valence-corrected chi connectivity index (χ4v) is 2.93. The minimum absolute atomic E-state index is 0.0977. The highest BCUT2D eigenvalue weighted by atomic mass is 16.5. The molecule has 1 N–H and O–H groups in total. The van der Waals surface area contributed by atoms with Gasteiger partial charge in [0.15, 0.2) is 0 Å². The highest BCUT2D eigenvalue weighted by Gasteiger charge is 2.35. The molecule has 1 aliphatic heterocycles. The Morgan fingerprint density at radius 1 is 1.41 bits per heavy atom. The number of ether oxygens (including phenoxy) is 1. The summed E-state index contributed by atoms with van der Waals surface area (Å²) in [6.07, 6.45) is 0.582. The van der Waals surface area contributed by atoms with Gasteiger partial charge >= 0.3 is 0 Å². The molecule has 1 saturated heterocycles. The zero-order valence-electron chi connectivity index (χ0n) is 13.2. The van der Waals surface area contributed by atoms with Crippen LogP contribution in [-0.4, -0.2) is 33.5 Å². The quantitative estimate of drug-likeness (QED) is 0.931. The Morgan fingerprint density at radius 2 is 2.18 bits per heavy atom. The van der Waals surface area contributed by atoms with Crippen molar-refractivity contribution in [2.24, 2.45) is 7.05 Å². The third kappa shape index (κ3) is 2.52. The molecule has 1 aliphatic rings. The molecule has 1 fully saturated rings. The molecule has 0 bridgehead atoms. The first-order valence-electron chi connectivity index (χ1n) is 7.33. The minimum atomic E-state index is -0.264. The number of hydrogen-bond acceptors (Lipinski definition) is 5. The third-order valence-electron chi connectivity index (χ3n) is 4.11. The number of nitrogens with zero attached hydrogens (tertiary/aromatic N) is 3. The standard InChI is InChI=1S/C15H20N4O3/c1-8-7-12(22-18-8)15(20)16-11-5-6-21-14(11)13-9(2)17-19(4)10(13)3/h7,11,14H,5-6H2,1-4H3,(H,16,20)/t11-,14-/m0/s1. The Kier molecular flexibility index (Phi) is 3.74. The Morgan fingerprint density at radius 3 is 2.77 bits per heavy atom. The number of carbonyl (C=O) groups excluding carboxylic acids is 1. The Bertz CT molecular complexity index is 704. The van der Waals surface area contributed by atoms with Crippen molar-refractivity contribution in [3.05, 3.63) is 34.5 Å². The second-order valence-corrected chi connectivity index (χ2v) is 5.70. The van der Waals surface area contributed by atoms with Crippen molar-refractivity contribution < 1.29 is 14.1 Å². The Labute approximate surface area is 128 Å². The smallest absolute Gasteiger partial charge is 0.290 e. The molecular formula is C15H20N4O3. The van der Waals surface area contributed by atoms with Crippen molar-refractivity contribution in [2.45, 2.75) is 39.3 Å². The molecule has 118 valence electrons. The summed E-state index contributed by atoms with van der Waals surface area (Å²) in [6.45, 7) is 6.36. The molecular weight excluding hydrogens is 284 g/mol. The van der Waals surface area contributed by atoms with E-state index in [2.05, 4.69) is 15.6 Å². The lowest BCUT2D eigenvalue weighted by atomic mass is 10.00. The molecule has 0 unspecified atom stereocenters. The maximum Gasteiger partial charge on any atom is 0.290 e. The highest BCUT2D eigenvalue weighted by molar-refractivity contribution is 5.91. The van der Waals surface area contributed by atoms with E-state index in [1.54, 1.807) is 13.0 Å². The van der Waals surface area contributed by atoms with Gasteiger partial charge in [0.05, 0.1) is 17.4 Å². The van der Waals surface area contributed by atoms with Crippen LogP contribution in [0.4, 0.5) is 0 Å². The maximum absolute atomic E-state index is 12.2. The van der Waals surface area contributed by atoms with Gasteiger partial charge in [-0.1, -0.05) is 5.16 Å². The predicted octanol–water partition coefficient (Wildman–Crippen LogP) is 1.59. The average molecular weight is 304 g/mol. The third-order valence-corrected chi connectivity index (χ3v) is 4.11. The predicted molar refractivity (Wildman–Crippen MR) is 78.5 cm³/mol. The second-order valence-electron chi connectivity index (χ2n) is 5.70. The van der Waals surface area contributed by atoms with Gasteiger partial charge in [-0.2, -0.15) is 5.10 Å². The van der Waals surface area contributed by atoms with Crippen LogP contribution in [0.3, 0.4) is 0 Å². The van der Waals surface area contributed by atoms with E-state index >= 15 is 0 Å². The summed E-state index contributed by atoms with van der Waals surface area (Å²) < 4.78 is 12.7. The monoisotopic (exact) mass is 304 g/mol. The molecule has 7 nitrogen and oxygen atoms in total. The van der Waals surface area contributed by atoms with E-state index in [4.69, 9.17) is 9.26 Å². The van der Waals surface area contributed by atoms with Crippen LogP contribution in [0, 0.1) is 20.8 Å². The molecule has 0 radical (unpaired) electrons. The molecule has 22 heavy (non-hydrogen) atoms. The fraction of sp³-hybridized carbons (Fsp3) is 0.533. The SMILES string of the molecule is Cc1cc(C(=O)N[C@H]2CCO[C@@H]2c2c(C)nn(C)c2C)on1. The summed E-state index contributed by atoms with van der Waals surface area (Å²) in [7, 11) is 1.91. The van der Waals surface area contributed by atoms with Crippen LogP contribution in [-0.2, 0) is 11.8 Å². The van der Waals surface area contributed by atoms with Gasteiger partial charge in [0.2, 0.25) is 5.76 Å². The van der Waals surface area contributed by atoms with E-state index in [0.717, 1.165) is 23.4 Å². The van der Waals surface area contributed by atoms with Gasteiger partial charge in [-0.05, 0) is 27.2 Å². The van der Waals surface area contributed by atoms with E-state index in [1.165, 1.54) is 0 Å². The molecule has 0 spiro atoms. The van der Waals surface area contributed by atoms with E-state index in [1.807, 2.05) is 25.6 Å². The van der Waals surface area contributed by atoms with Crippen LogP contribution in [0.2, 0.25) is 0 Å². The number of rotatable bonds is 3. The minimum Gasteiger partial charge on any atom is -0.371 e. The van der Waals surface area contributed by atoms with Gasteiger partial charge in [-0.3, -0.25) is 9.48 Å². The molecule has 7 heteroatoms. The molecule has 3 heterocycles. The van der Waals surface area contributed by atoms with Crippen LogP contribution in [0.15, 0.2) is 10.6 Å². The van der Waals surface area contributed by atoms with Crippen LogP contribution >= 0.6 is 0 Å². The Hall–Kier alpha value is -2.15. The Balaban J connectivity index is 1.80. The molecule has 3 rings (SSSR count). The zero-order chi connectivity index (χ0) is 15.9. The summed E-state index contributed by atoms with van der Waals surface area (Å²) in [5.41, 5.74) is 3.73. The first-order chi connectivity index (χ1) is 10.5. The van der Waals surface area contributed by atoms with E-state index in [0.29, 0.717) is 12.3 Å². The van der Waals surface area contributed by atoms with Crippen molar-refractivity contribution in [2.75, 3.05) is 6.61 Å². The highest BCUT2D eigenvalue weighted by Crippen LogP contribution is 2.33. The van der Waals surface area contributed by atoms with Gasteiger partial charge in [-0.15, -0.1) is 0 Å². The molecule has 2 aromatic rings. The summed E-state index contributed by atoms with van der Waals surface area (Å²) in [4.78, 5) is 12.2. The fourth-order valence-electron chi connectivity index (χ4n) is 2.93. The van der Waals surface area contributed by atoms with Crippen LogP contribution in [0.1, 0.15) is 45.7 Å². The molecule has 0 saturated carbocycles. The van der Waals surface area contributed by atoms with E-state index in [9.17, 15) is 4.79 Å². The lowest BCUT2D eigenvalue weighted by Gasteiger charge is -2.20. The van der Waals surface area contributed by atoms with Gasteiger partial charge in [-0.25, -0.2) is 0 Å². The number of amides is 1. The number of aryl methyl sites for hydroxylation is 3. The molecule has 0 aromatic carbocycles. The topological polar surface area (TPSA) is 82.2 Å². The lowest BCUT2D eigenvalue weighted by molar-refractivity contribution is 0.0791. The number of carbonyl (C=O) groups is 1. The van der Waals surface area contributed by atoms with Gasteiger partial charge in [0.1, 0.15) is 6.10 Å². The number of hydrogen-bond donors (Lipinski definition) is 1. The van der Waals surface area contributed by atoms with Crippen molar-refractivity contribution in [1.29, 1.82) is 0 Å². The van der Waals surface area contributed by atoms with Crippen molar-refractivity contribution in [3.63, 3.8) is 0 Å². The maximum atomic E-state index is 12.2. The largest absolute Gasteiger partial charge is 0.371 e. The van der Waals surface area contributed by atoms with Crippen molar-refractivity contribution >= 4 is 5.91 Å². The number of nitrogens with one attached hydrogen (secondary N) is 1. The normalized spacial score (nSPS) is 21.3. The summed E-state index contributed by atoms with van der Waals surface area (Å²) in [5.74, 6) is -0.0388. The summed E-state index contributed by atoms with van der Waals surface area (Å²) in [6, 6.07) is 1.53. The van der Waals surface area contributed by atoms with Crippen molar-refractivity contribution in [1.82, 2.24) is 20.3 Å². The molecule has 1 amide bonds. The first-order valence-corrected chi connectivity index (χ1v) is 7.33. The molecule has 2 atom stereocenters. The van der Waals surface area contributed by atoms with Crippen LogP contribution < -0.4 is 5.32 Å². The van der Waals surface area contributed by atoms with Gasteiger partial charge < -0.3 is 14.6 Å². The summed E-state index contributed by atoms with van der Waals surface area (Å²) in [5, 5.41) is 11.2. The van der Waals surface area contributed by atoms with E-state index in [-0.39, 0.29) is 23.8 Å². The lowest BCUT2D eigenvalue weighted by Crippen LogP contribution is -2.37. The van der Waals surface area contributed by atoms with Gasteiger partial charge in [0, 0.05) is 31.0 Å². The van der Waals surface area contributed by atoms with Crippen LogP contribution in [0.25, 0.3) is 0 Å².